The Morgan fingerprint density at radius 1 is 1.03 bits per heavy atom. The average Bonchev–Trinajstić information content (AvgIpc) is 3.33. The molecule has 5 heteroatoms. The molecule has 0 unspecified atom stereocenters. The number of carbonyl (C=O) groups is 1. The van der Waals surface area contributed by atoms with Crippen molar-refractivity contribution in [3.63, 3.8) is 0 Å². The molecule has 1 aliphatic carbocycles. The van der Waals surface area contributed by atoms with Crippen LogP contribution in [0.4, 0.5) is 5.69 Å². The summed E-state index contributed by atoms with van der Waals surface area (Å²) in [4.78, 5) is 17.7. The van der Waals surface area contributed by atoms with E-state index in [9.17, 15) is 4.79 Å². The Labute approximate surface area is 181 Å². The van der Waals surface area contributed by atoms with Crippen LogP contribution < -0.4 is 10.1 Å². The number of rotatable bonds is 4. The van der Waals surface area contributed by atoms with Crippen LogP contribution in [-0.2, 0) is 6.42 Å². The molecular formula is C26H23N3O2. The first-order valence-corrected chi connectivity index (χ1v) is 10.3. The zero-order valence-corrected chi connectivity index (χ0v) is 17.8. The maximum absolute atomic E-state index is 13.3. The van der Waals surface area contributed by atoms with Crippen LogP contribution in [0.5, 0.6) is 5.75 Å². The van der Waals surface area contributed by atoms with Crippen molar-refractivity contribution in [3.8, 4) is 22.6 Å². The second-order valence-electron chi connectivity index (χ2n) is 7.82. The van der Waals surface area contributed by atoms with E-state index in [1.807, 2.05) is 60.9 Å². The van der Waals surface area contributed by atoms with E-state index in [0.717, 1.165) is 34.6 Å². The summed E-state index contributed by atoms with van der Waals surface area (Å²) in [7, 11) is 1.62. The number of nitrogens with one attached hydrogen (secondary N) is 1. The van der Waals surface area contributed by atoms with Crippen molar-refractivity contribution in [2.45, 2.75) is 20.3 Å². The largest absolute Gasteiger partial charge is 0.497 e. The molecule has 1 aromatic heterocycles. The SMILES string of the molecule is COc1cc(NC(=O)c2cccc3c2Cc2ccccc2-3)cc(-n2cnc(C)c2C)c1. The molecule has 0 fully saturated rings. The molecular weight excluding hydrogens is 386 g/mol. The molecule has 5 nitrogen and oxygen atoms in total. The highest BCUT2D eigenvalue weighted by atomic mass is 16.5. The lowest BCUT2D eigenvalue weighted by Crippen LogP contribution is -2.14. The van der Waals surface area contributed by atoms with Gasteiger partial charge in [-0.05, 0) is 54.7 Å². The molecule has 1 amide bonds. The van der Waals surface area contributed by atoms with Crippen molar-refractivity contribution in [2.24, 2.45) is 0 Å². The first-order chi connectivity index (χ1) is 15.0. The molecule has 1 heterocycles. The number of imidazole rings is 1. The number of aryl methyl sites for hydroxylation is 1. The van der Waals surface area contributed by atoms with Crippen LogP contribution in [0.2, 0.25) is 0 Å². The van der Waals surface area contributed by atoms with Crippen LogP contribution in [0.25, 0.3) is 16.8 Å². The summed E-state index contributed by atoms with van der Waals surface area (Å²) in [5.74, 6) is 0.548. The van der Waals surface area contributed by atoms with E-state index in [0.29, 0.717) is 17.0 Å². The fourth-order valence-electron chi connectivity index (χ4n) is 4.24. The summed E-state index contributed by atoms with van der Waals surface area (Å²) in [6.07, 6.45) is 2.55. The third-order valence-electron chi connectivity index (χ3n) is 6.01. The normalized spacial score (nSPS) is 11.7. The maximum Gasteiger partial charge on any atom is 0.255 e. The summed E-state index contributed by atoms with van der Waals surface area (Å²) in [5.41, 5.74) is 8.96. The molecule has 1 N–H and O–H groups in total. The number of amides is 1. The van der Waals surface area contributed by atoms with Crippen LogP contribution in [0.15, 0.2) is 67.0 Å². The summed E-state index contributed by atoms with van der Waals surface area (Å²) >= 11 is 0. The second-order valence-corrected chi connectivity index (χ2v) is 7.82. The van der Waals surface area contributed by atoms with E-state index >= 15 is 0 Å². The van der Waals surface area contributed by atoms with E-state index in [2.05, 4.69) is 28.5 Å². The molecule has 1 aliphatic rings. The van der Waals surface area contributed by atoms with Crippen molar-refractivity contribution in [2.75, 3.05) is 12.4 Å². The lowest BCUT2D eigenvalue weighted by atomic mass is 10.0. The molecule has 154 valence electrons. The standard InChI is InChI=1S/C26H23N3O2/c1-16-17(2)29(15-27-16)20-12-19(13-21(14-20)31-3)28-26(30)24-10-6-9-23-22-8-5-4-7-18(22)11-25(23)24/h4-10,12-15H,11H2,1-3H3,(H,28,30). The number of ether oxygens (including phenoxy) is 1. The van der Waals surface area contributed by atoms with Crippen LogP contribution >= 0.6 is 0 Å². The molecule has 4 aromatic rings. The topological polar surface area (TPSA) is 56.1 Å². The van der Waals surface area contributed by atoms with Gasteiger partial charge in [-0.15, -0.1) is 0 Å². The highest BCUT2D eigenvalue weighted by molar-refractivity contribution is 6.07. The highest BCUT2D eigenvalue weighted by Gasteiger charge is 2.23. The van der Waals surface area contributed by atoms with Gasteiger partial charge in [-0.3, -0.25) is 4.79 Å². The zero-order chi connectivity index (χ0) is 21.5. The molecule has 0 atom stereocenters. The maximum atomic E-state index is 13.3. The number of fused-ring (bicyclic) bond motifs is 3. The minimum Gasteiger partial charge on any atom is -0.497 e. The minimum absolute atomic E-state index is 0.123. The van der Waals surface area contributed by atoms with Gasteiger partial charge in [0, 0.05) is 29.1 Å². The van der Waals surface area contributed by atoms with E-state index in [4.69, 9.17) is 4.74 Å². The molecule has 0 saturated heterocycles. The Hall–Kier alpha value is -3.86. The van der Waals surface area contributed by atoms with Crippen LogP contribution in [0.3, 0.4) is 0 Å². The van der Waals surface area contributed by atoms with Gasteiger partial charge in [-0.25, -0.2) is 4.98 Å². The quantitative estimate of drug-likeness (QED) is 0.437. The zero-order valence-electron chi connectivity index (χ0n) is 17.8. The van der Waals surface area contributed by atoms with Crippen molar-refractivity contribution in [3.05, 3.63) is 95.1 Å². The van der Waals surface area contributed by atoms with Crippen molar-refractivity contribution >= 4 is 11.6 Å². The van der Waals surface area contributed by atoms with E-state index in [-0.39, 0.29) is 5.91 Å². The summed E-state index contributed by atoms with van der Waals surface area (Å²) < 4.78 is 7.47. The first-order valence-electron chi connectivity index (χ1n) is 10.3. The molecule has 5 rings (SSSR count). The van der Waals surface area contributed by atoms with Crippen LogP contribution in [0.1, 0.15) is 32.9 Å². The van der Waals surface area contributed by atoms with Gasteiger partial charge in [0.2, 0.25) is 0 Å². The van der Waals surface area contributed by atoms with E-state index in [1.54, 1.807) is 13.4 Å². The number of aromatic nitrogens is 2. The van der Waals surface area contributed by atoms with Crippen LogP contribution in [0, 0.1) is 13.8 Å². The Morgan fingerprint density at radius 3 is 2.61 bits per heavy atom. The van der Waals surface area contributed by atoms with Crippen molar-refractivity contribution < 1.29 is 9.53 Å². The number of benzene rings is 3. The molecule has 3 aromatic carbocycles. The number of hydrogen-bond donors (Lipinski definition) is 1. The van der Waals surface area contributed by atoms with Gasteiger partial charge in [-0.2, -0.15) is 0 Å². The Bertz CT molecular complexity index is 1320. The summed E-state index contributed by atoms with van der Waals surface area (Å²) in [6.45, 7) is 3.99. The van der Waals surface area contributed by atoms with Gasteiger partial charge in [0.15, 0.2) is 0 Å². The Balaban J connectivity index is 1.50. The summed E-state index contributed by atoms with van der Waals surface area (Å²) in [5, 5.41) is 3.07. The van der Waals surface area contributed by atoms with Crippen molar-refractivity contribution in [1.82, 2.24) is 9.55 Å². The fourth-order valence-corrected chi connectivity index (χ4v) is 4.24. The monoisotopic (exact) mass is 409 g/mol. The van der Waals surface area contributed by atoms with Crippen molar-refractivity contribution in [1.29, 1.82) is 0 Å². The highest BCUT2D eigenvalue weighted by Crippen LogP contribution is 2.38. The lowest BCUT2D eigenvalue weighted by Gasteiger charge is -2.13. The Kier molecular flexibility index (Phi) is 4.59. The molecule has 31 heavy (non-hydrogen) atoms. The smallest absolute Gasteiger partial charge is 0.255 e. The van der Waals surface area contributed by atoms with Gasteiger partial charge in [-0.1, -0.05) is 36.4 Å². The number of methoxy groups -OCH3 is 1. The second kappa shape index (κ2) is 7.43. The van der Waals surface area contributed by atoms with Gasteiger partial charge in [0.1, 0.15) is 5.75 Å². The molecule has 0 saturated carbocycles. The molecule has 0 radical (unpaired) electrons. The predicted octanol–water partition coefficient (Wildman–Crippen LogP) is 5.32. The Morgan fingerprint density at radius 2 is 1.84 bits per heavy atom. The lowest BCUT2D eigenvalue weighted by molar-refractivity contribution is 0.102. The minimum atomic E-state index is -0.123. The fraction of sp³-hybridized carbons (Fsp3) is 0.154. The number of anilines is 1. The van der Waals surface area contributed by atoms with E-state index < -0.39 is 0 Å². The molecule has 0 bridgehead atoms. The number of nitrogens with zero attached hydrogens (tertiary/aromatic N) is 2. The van der Waals surface area contributed by atoms with E-state index in [1.165, 1.54) is 11.1 Å². The first kappa shape index (κ1) is 19.1. The van der Waals surface area contributed by atoms with Gasteiger partial charge < -0.3 is 14.6 Å². The van der Waals surface area contributed by atoms with Crippen LogP contribution in [-0.4, -0.2) is 22.6 Å². The molecule has 0 aliphatic heterocycles. The average molecular weight is 409 g/mol. The molecule has 0 spiro atoms. The number of carbonyl (C=O) groups excluding carboxylic acids is 1. The number of hydrogen-bond acceptors (Lipinski definition) is 3. The van der Waals surface area contributed by atoms with Gasteiger partial charge >= 0.3 is 0 Å². The predicted molar refractivity (Wildman–Crippen MR) is 122 cm³/mol. The third-order valence-corrected chi connectivity index (χ3v) is 6.01. The van der Waals surface area contributed by atoms with Gasteiger partial charge in [0.25, 0.3) is 5.91 Å². The van der Waals surface area contributed by atoms with Gasteiger partial charge in [0.05, 0.1) is 24.8 Å². The third kappa shape index (κ3) is 3.28. The summed E-state index contributed by atoms with van der Waals surface area (Å²) in [6, 6.07) is 20.0.